The fourth-order valence-electron chi connectivity index (χ4n) is 2.43. The Balaban J connectivity index is 1.68. The van der Waals surface area contributed by atoms with Gasteiger partial charge in [-0.3, -0.25) is 0 Å². The minimum atomic E-state index is -4.21. The Morgan fingerprint density at radius 3 is 2.32 bits per heavy atom. The molecule has 1 heterocycles. The second-order valence-corrected chi connectivity index (χ2v) is 6.27. The molecular formula is C19H17F4N3O2. The quantitative estimate of drug-likeness (QED) is 0.574. The molecular weight excluding hydrogens is 378 g/mol. The van der Waals surface area contributed by atoms with Gasteiger partial charge in [-0.15, -0.1) is 0 Å². The van der Waals surface area contributed by atoms with Crippen LogP contribution >= 0.6 is 0 Å². The van der Waals surface area contributed by atoms with Crippen molar-refractivity contribution in [3.05, 3.63) is 76.5 Å². The molecule has 3 rings (SSSR count). The van der Waals surface area contributed by atoms with Gasteiger partial charge in [0.1, 0.15) is 12.1 Å². The third kappa shape index (κ3) is 4.41. The van der Waals surface area contributed by atoms with E-state index in [0.717, 1.165) is 5.56 Å². The Kier molecular flexibility index (Phi) is 5.53. The van der Waals surface area contributed by atoms with E-state index in [0.29, 0.717) is 11.3 Å². The van der Waals surface area contributed by atoms with Gasteiger partial charge in [0.05, 0.1) is 12.2 Å². The molecule has 0 saturated heterocycles. The van der Waals surface area contributed by atoms with Crippen molar-refractivity contribution < 1.29 is 22.3 Å². The van der Waals surface area contributed by atoms with Crippen LogP contribution in [0.4, 0.5) is 17.6 Å². The van der Waals surface area contributed by atoms with E-state index in [1.54, 1.807) is 12.1 Å². The van der Waals surface area contributed by atoms with E-state index in [9.17, 15) is 22.4 Å². The normalized spacial score (nSPS) is 11.8. The summed E-state index contributed by atoms with van der Waals surface area (Å²) >= 11 is 0. The van der Waals surface area contributed by atoms with E-state index < -0.39 is 19.0 Å². The molecule has 0 N–H and O–H groups in total. The van der Waals surface area contributed by atoms with E-state index in [4.69, 9.17) is 4.74 Å². The average molecular weight is 395 g/mol. The van der Waals surface area contributed by atoms with Gasteiger partial charge < -0.3 is 4.74 Å². The lowest BCUT2D eigenvalue weighted by molar-refractivity contribution is -0.148. The number of benzene rings is 2. The van der Waals surface area contributed by atoms with Gasteiger partial charge in [0.15, 0.2) is 6.61 Å². The lowest BCUT2D eigenvalue weighted by Gasteiger charge is -2.16. The van der Waals surface area contributed by atoms with E-state index >= 15 is 0 Å². The van der Waals surface area contributed by atoms with Crippen LogP contribution in [0.1, 0.15) is 11.1 Å². The smallest absolute Gasteiger partial charge is 0.350 e. The third-order valence-electron chi connectivity index (χ3n) is 4.05. The van der Waals surface area contributed by atoms with Crippen LogP contribution in [0.3, 0.4) is 0 Å². The monoisotopic (exact) mass is 395 g/mol. The highest BCUT2D eigenvalue weighted by Gasteiger charge is 2.41. The predicted molar refractivity (Wildman–Crippen MR) is 94.6 cm³/mol. The molecule has 2 aromatic carbocycles. The standard InChI is InChI=1S/C19H17F4N3O2/c1-13-2-6-15(7-3-13)25-12-24-26(18(25)27)10-14-4-8-16(9-5-14)28-11-19(22,23)17(20)21/h2-9,12,17H,10-11H2,1H3. The molecule has 0 bridgehead atoms. The first-order chi connectivity index (χ1) is 13.3. The molecule has 1 aromatic heterocycles. The SMILES string of the molecule is Cc1ccc(-n2cnn(Cc3ccc(OCC(F)(F)C(F)F)cc3)c2=O)cc1. The van der Waals surface area contributed by atoms with Gasteiger partial charge in [-0.25, -0.2) is 22.8 Å². The Hall–Kier alpha value is -3.10. The minimum absolute atomic E-state index is 0.0293. The fraction of sp³-hybridized carbons (Fsp3) is 0.263. The predicted octanol–water partition coefficient (Wildman–Crippen LogP) is 3.67. The van der Waals surface area contributed by atoms with Gasteiger partial charge in [0.25, 0.3) is 0 Å². The number of hydrogen-bond donors (Lipinski definition) is 0. The Morgan fingerprint density at radius 2 is 1.71 bits per heavy atom. The number of aryl methyl sites for hydroxylation is 1. The summed E-state index contributed by atoms with van der Waals surface area (Å²) in [5.74, 6) is -4.18. The van der Waals surface area contributed by atoms with Crippen LogP contribution in [-0.2, 0) is 6.54 Å². The van der Waals surface area contributed by atoms with Gasteiger partial charge in [-0.05, 0) is 36.8 Å². The lowest BCUT2D eigenvalue weighted by atomic mass is 10.2. The maximum absolute atomic E-state index is 12.9. The van der Waals surface area contributed by atoms with Crippen LogP contribution in [0, 0.1) is 6.92 Å². The maximum atomic E-state index is 12.9. The first-order valence-electron chi connectivity index (χ1n) is 8.35. The summed E-state index contributed by atoms with van der Waals surface area (Å²) < 4.78 is 57.4. The van der Waals surface area contributed by atoms with Crippen LogP contribution in [-0.4, -0.2) is 33.3 Å². The number of nitrogens with zero attached hydrogens (tertiary/aromatic N) is 3. The molecule has 0 aliphatic heterocycles. The molecule has 0 aliphatic rings. The molecule has 0 aliphatic carbocycles. The van der Waals surface area contributed by atoms with Crippen LogP contribution in [0.2, 0.25) is 0 Å². The Bertz CT molecular complexity index is 980. The number of ether oxygens (including phenoxy) is 1. The highest BCUT2D eigenvalue weighted by Crippen LogP contribution is 2.24. The number of halogens is 4. The van der Waals surface area contributed by atoms with Crippen molar-refractivity contribution >= 4 is 0 Å². The van der Waals surface area contributed by atoms with Gasteiger partial charge in [0, 0.05) is 0 Å². The summed E-state index contributed by atoms with van der Waals surface area (Å²) in [6, 6.07) is 13.2. The molecule has 9 heteroatoms. The average Bonchev–Trinajstić information content (AvgIpc) is 3.02. The van der Waals surface area contributed by atoms with Crippen molar-refractivity contribution in [2.24, 2.45) is 0 Å². The molecule has 0 unspecified atom stereocenters. The molecule has 0 saturated carbocycles. The minimum Gasteiger partial charge on any atom is -0.487 e. The summed E-state index contributed by atoms with van der Waals surface area (Å²) in [5.41, 5.74) is 2.09. The van der Waals surface area contributed by atoms with Crippen molar-refractivity contribution in [1.82, 2.24) is 14.3 Å². The summed E-state index contributed by atoms with van der Waals surface area (Å²) in [7, 11) is 0. The summed E-state index contributed by atoms with van der Waals surface area (Å²) in [4.78, 5) is 12.5. The van der Waals surface area contributed by atoms with Crippen molar-refractivity contribution in [3.8, 4) is 11.4 Å². The van der Waals surface area contributed by atoms with E-state index in [2.05, 4.69) is 5.10 Å². The number of hydrogen-bond acceptors (Lipinski definition) is 3. The molecule has 0 amide bonds. The summed E-state index contributed by atoms with van der Waals surface area (Å²) in [6.45, 7) is 0.688. The Labute approximate surface area is 157 Å². The van der Waals surface area contributed by atoms with Crippen LogP contribution < -0.4 is 10.4 Å². The van der Waals surface area contributed by atoms with Crippen molar-refractivity contribution in [2.75, 3.05) is 6.61 Å². The lowest BCUT2D eigenvalue weighted by Crippen LogP contribution is -2.33. The molecule has 5 nitrogen and oxygen atoms in total. The number of aromatic nitrogens is 3. The van der Waals surface area contributed by atoms with Crippen molar-refractivity contribution in [3.63, 3.8) is 0 Å². The van der Waals surface area contributed by atoms with E-state index in [-0.39, 0.29) is 18.0 Å². The number of rotatable bonds is 7. The van der Waals surface area contributed by atoms with E-state index in [1.807, 2.05) is 31.2 Å². The number of alkyl halides is 4. The highest BCUT2D eigenvalue weighted by molar-refractivity contribution is 5.33. The molecule has 0 fully saturated rings. The second-order valence-electron chi connectivity index (χ2n) is 6.27. The van der Waals surface area contributed by atoms with Gasteiger partial charge in [-0.1, -0.05) is 29.8 Å². The van der Waals surface area contributed by atoms with Gasteiger partial charge in [-0.2, -0.15) is 13.9 Å². The molecule has 0 atom stereocenters. The molecule has 3 aromatic rings. The summed E-state index contributed by atoms with van der Waals surface area (Å²) in [5, 5.41) is 4.07. The topological polar surface area (TPSA) is 49.0 Å². The Morgan fingerprint density at radius 1 is 1.07 bits per heavy atom. The van der Waals surface area contributed by atoms with Crippen molar-refractivity contribution in [1.29, 1.82) is 0 Å². The molecule has 0 spiro atoms. The van der Waals surface area contributed by atoms with Crippen molar-refractivity contribution in [2.45, 2.75) is 25.8 Å². The highest BCUT2D eigenvalue weighted by atomic mass is 19.3. The third-order valence-corrected chi connectivity index (χ3v) is 4.05. The maximum Gasteiger partial charge on any atom is 0.350 e. The van der Waals surface area contributed by atoms with E-state index in [1.165, 1.54) is 27.7 Å². The molecule has 28 heavy (non-hydrogen) atoms. The van der Waals surface area contributed by atoms with Gasteiger partial charge >= 0.3 is 18.0 Å². The van der Waals surface area contributed by atoms with Crippen LogP contribution in [0.15, 0.2) is 59.7 Å². The zero-order valence-corrected chi connectivity index (χ0v) is 14.9. The zero-order chi connectivity index (χ0) is 20.3. The van der Waals surface area contributed by atoms with Crippen LogP contribution in [0.25, 0.3) is 5.69 Å². The first kappa shape index (κ1) is 19.7. The molecule has 0 radical (unpaired) electrons. The largest absolute Gasteiger partial charge is 0.487 e. The second kappa shape index (κ2) is 7.87. The summed E-state index contributed by atoms with van der Waals surface area (Å²) in [6.07, 6.45) is -2.38. The molecule has 148 valence electrons. The first-order valence-corrected chi connectivity index (χ1v) is 8.35. The van der Waals surface area contributed by atoms with Gasteiger partial charge in [0.2, 0.25) is 0 Å². The fourth-order valence-corrected chi connectivity index (χ4v) is 2.43. The zero-order valence-electron chi connectivity index (χ0n) is 14.9. The van der Waals surface area contributed by atoms with Crippen LogP contribution in [0.5, 0.6) is 5.75 Å².